The van der Waals surface area contributed by atoms with Crippen molar-refractivity contribution < 1.29 is 18.3 Å². The SMILES string of the molecule is Cc1nc(CNS(=O)(=O)N2CCC[C@H](C(=O)O)C2)cs1. The molecule has 1 aliphatic heterocycles. The highest BCUT2D eigenvalue weighted by atomic mass is 32.2. The van der Waals surface area contributed by atoms with E-state index in [9.17, 15) is 13.2 Å². The molecule has 2 heterocycles. The number of carboxylic acid groups (broad SMARTS) is 1. The highest BCUT2D eigenvalue weighted by Gasteiger charge is 2.32. The number of hydrogen-bond donors (Lipinski definition) is 2. The fraction of sp³-hybridized carbons (Fsp3) is 0.636. The lowest BCUT2D eigenvalue weighted by molar-refractivity contribution is -0.142. The van der Waals surface area contributed by atoms with Gasteiger partial charge in [0.2, 0.25) is 0 Å². The second kappa shape index (κ2) is 6.17. The quantitative estimate of drug-likeness (QED) is 0.827. The van der Waals surface area contributed by atoms with Gasteiger partial charge in [0.15, 0.2) is 0 Å². The van der Waals surface area contributed by atoms with Gasteiger partial charge in [-0.3, -0.25) is 4.79 Å². The highest BCUT2D eigenvalue weighted by molar-refractivity contribution is 7.87. The monoisotopic (exact) mass is 319 g/mol. The van der Waals surface area contributed by atoms with E-state index in [0.29, 0.717) is 25.1 Å². The van der Waals surface area contributed by atoms with Crippen LogP contribution in [0.15, 0.2) is 5.38 Å². The van der Waals surface area contributed by atoms with Crippen LogP contribution in [0.2, 0.25) is 0 Å². The third kappa shape index (κ3) is 3.75. The first-order valence-corrected chi connectivity index (χ1v) is 8.59. The number of nitrogens with zero attached hydrogens (tertiary/aromatic N) is 2. The highest BCUT2D eigenvalue weighted by Crippen LogP contribution is 2.19. The molecule has 0 unspecified atom stereocenters. The van der Waals surface area contributed by atoms with Crippen molar-refractivity contribution in [3.63, 3.8) is 0 Å². The molecule has 1 aliphatic rings. The summed E-state index contributed by atoms with van der Waals surface area (Å²) in [7, 11) is -3.65. The molecule has 0 bridgehead atoms. The van der Waals surface area contributed by atoms with Gasteiger partial charge in [-0.25, -0.2) is 4.98 Å². The van der Waals surface area contributed by atoms with Crippen molar-refractivity contribution in [1.82, 2.24) is 14.0 Å². The van der Waals surface area contributed by atoms with Crippen LogP contribution in [0.3, 0.4) is 0 Å². The predicted octanol–water partition coefficient (Wildman–Crippen LogP) is 0.583. The van der Waals surface area contributed by atoms with Crippen molar-refractivity contribution in [3.8, 4) is 0 Å². The van der Waals surface area contributed by atoms with Crippen LogP contribution in [0.25, 0.3) is 0 Å². The van der Waals surface area contributed by atoms with Crippen LogP contribution in [0.5, 0.6) is 0 Å². The Morgan fingerprint density at radius 2 is 2.40 bits per heavy atom. The molecule has 20 heavy (non-hydrogen) atoms. The molecule has 1 aromatic rings. The van der Waals surface area contributed by atoms with Crippen LogP contribution < -0.4 is 4.72 Å². The van der Waals surface area contributed by atoms with E-state index in [1.54, 1.807) is 5.38 Å². The summed E-state index contributed by atoms with van der Waals surface area (Å²) in [6.45, 7) is 2.36. The van der Waals surface area contributed by atoms with Gasteiger partial charge in [0, 0.05) is 18.5 Å². The molecule has 1 fully saturated rings. The molecule has 0 saturated carbocycles. The Kier molecular flexibility index (Phi) is 4.74. The average molecular weight is 319 g/mol. The Labute approximate surface area is 121 Å². The molecular formula is C11H17N3O4S2. The third-order valence-corrected chi connectivity index (χ3v) is 5.52. The zero-order chi connectivity index (χ0) is 14.8. The van der Waals surface area contributed by atoms with Crippen LogP contribution in [0.4, 0.5) is 0 Å². The van der Waals surface area contributed by atoms with Gasteiger partial charge in [-0.2, -0.15) is 17.4 Å². The third-order valence-electron chi connectivity index (χ3n) is 3.18. The van der Waals surface area contributed by atoms with Crippen molar-refractivity contribution in [2.24, 2.45) is 5.92 Å². The summed E-state index contributed by atoms with van der Waals surface area (Å²) in [5.74, 6) is -1.57. The van der Waals surface area contributed by atoms with E-state index in [-0.39, 0.29) is 13.1 Å². The summed E-state index contributed by atoms with van der Waals surface area (Å²) < 4.78 is 27.9. The smallest absolute Gasteiger partial charge is 0.307 e. The normalized spacial score (nSPS) is 20.9. The maximum atomic E-state index is 12.1. The maximum Gasteiger partial charge on any atom is 0.307 e. The zero-order valence-corrected chi connectivity index (χ0v) is 12.7. The molecule has 2 rings (SSSR count). The number of aryl methyl sites for hydroxylation is 1. The Morgan fingerprint density at radius 1 is 1.65 bits per heavy atom. The van der Waals surface area contributed by atoms with Crippen LogP contribution >= 0.6 is 11.3 Å². The standard InChI is InChI=1S/C11H17N3O4S2/c1-8-13-10(7-19-8)5-12-20(17,18)14-4-2-3-9(6-14)11(15)16/h7,9,12H,2-6H2,1H3,(H,15,16)/t9-/m0/s1. The molecule has 0 spiro atoms. The summed E-state index contributed by atoms with van der Waals surface area (Å²) >= 11 is 1.46. The number of nitrogens with one attached hydrogen (secondary N) is 1. The van der Waals surface area contributed by atoms with Crippen molar-refractivity contribution in [2.45, 2.75) is 26.3 Å². The number of carboxylic acids is 1. The van der Waals surface area contributed by atoms with Crippen molar-refractivity contribution >= 4 is 27.5 Å². The molecule has 2 N–H and O–H groups in total. The van der Waals surface area contributed by atoms with Gasteiger partial charge >= 0.3 is 5.97 Å². The molecule has 0 aromatic carbocycles. The number of aliphatic carboxylic acids is 1. The summed E-state index contributed by atoms with van der Waals surface area (Å²) in [6.07, 6.45) is 1.08. The van der Waals surface area contributed by atoms with E-state index in [0.717, 1.165) is 5.01 Å². The number of piperidine rings is 1. The first-order valence-electron chi connectivity index (χ1n) is 6.27. The molecule has 0 radical (unpaired) electrons. The van der Waals surface area contributed by atoms with Gasteiger partial charge in [0.05, 0.1) is 23.2 Å². The minimum atomic E-state index is -3.65. The lowest BCUT2D eigenvalue weighted by Gasteiger charge is -2.29. The summed E-state index contributed by atoms with van der Waals surface area (Å²) in [4.78, 5) is 15.1. The predicted molar refractivity (Wildman–Crippen MR) is 74.5 cm³/mol. The number of hydrogen-bond acceptors (Lipinski definition) is 5. The number of thiazole rings is 1. The Morgan fingerprint density at radius 3 is 3.00 bits per heavy atom. The Hall–Kier alpha value is -1.03. The summed E-state index contributed by atoms with van der Waals surface area (Å²) in [5, 5.41) is 11.7. The largest absolute Gasteiger partial charge is 0.481 e. The van der Waals surface area contributed by atoms with E-state index >= 15 is 0 Å². The lowest BCUT2D eigenvalue weighted by Crippen LogP contribution is -2.47. The second-order valence-electron chi connectivity index (χ2n) is 4.72. The molecule has 9 heteroatoms. The van der Waals surface area contributed by atoms with Crippen LogP contribution in [0, 0.1) is 12.8 Å². The van der Waals surface area contributed by atoms with Gasteiger partial charge in [-0.1, -0.05) is 0 Å². The average Bonchev–Trinajstić information content (AvgIpc) is 2.82. The van der Waals surface area contributed by atoms with Crippen LogP contribution in [-0.2, 0) is 21.5 Å². The van der Waals surface area contributed by atoms with E-state index < -0.39 is 22.1 Å². The van der Waals surface area contributed by atoms with E-state index in [1.165, 1.54) is 15.6 Å². The van der Waals surface area contributed by atoms with Gasteiger partial charge in [0.1, 0.15) is 0 Å². The van der Waals surface area contributed by atoms with Gasteiger partial charge in [0.25, 0.3) is 10.2 Å². The summed E-state index contributed by atoms with van der Waals surface area (Å²) in [5.41, 5.74) is 0.669. The number of rotatable bonds is 5. The second-order valence-corrected chi connectivity index (χ2v) is 7.54. The maximum absolute atomic E-state index is 12.1. The first-order chi connectivity index (χ1) is 9.38. The lowest BCUT2D eigenvalue weighted by atomic mass is 10.0. The van der Waals surface area contributed by atoms with E-state index in [2.05, 4.69) is 9.71 Å². The minimum absolute atomic E-state index is 0.0285. The fourth-order valence-corrected chi connectivity index (χ4v) is 3.98. The summed E-state index contributed by atoms with van der Waals surface area (Å²) in [6, 6.07) is 0. The Bertz CT molecular complexity index is 584. The van der Waals surface area contributed by atoms with Gasteiger partial charge in [-0.15, -0.1) is 11.3 Å². The number of carbonyl (C=O) groups is 1. The topological polar surface area (TPSA) is 99.6 Å². The van der Waals surface area contributed by atoms with Gasteiger partial charge in [-0.05, 0) is 19.8 Å². The molecule has 0 aliphatic carbocycles. The molecule has 7 nitrogen and oxygen atoms in total. The van der Waals surface area contributed by atoms with Crippen molar-refractivity contribution in [2.75, 3.05) is 13.1 Å². The fourth-order valence-electron chi connectivity index (χ4n) is 2.11. The molecule has 1 atom stereocenters. The van der Waals surface area contributed by atoms with E-state index in [1.807, 2.05) is 6.92 Å². The number of aromatic nitrogens is 1. The van der Waals surface area contributed by atoms with Crippen LogP contribution in [0.1, 0.15) is 23.5 Å². The molecule has 112 valence electrons. The molecular weight excluding hydrogens is 302 g/mol. The van der Waals surface area contributed by atoms with Crippen molar-refractivity contribution in [1.29, 1.82) is 0 Å². The minimum Gasteiger partial charge on any atom is -0.481 e. The molecule has 0 amide bonds. The first kappa shape index (κ1) is 15.4. The Balaban J connectivity index is 1.97. The molecule has 1 aromatic heterocycles. The molecule has 1 saturated heterocycles. The van der Waals surface area contributed by atoms with E-state index in [4.69, 9.17) is 5.11 Å². The van der Waals surface area contributed by atoms with Gasteiger partial charge < -0.3 is 5.11 Å². The van der Waals surface area contributed by atoms with Crippen LogP contribution in [-0.4, -0.2) is 41.9 Å². The zero-order valence-electron chi connectivity index (χ0n) is 11.1. The van der Waals surface area contributed by atoms with Crippen molar-refractivity contribution in [3.05, 3.63) is 16.1 Å².